The Kier molecular flexibility index (Phi) is 3.27. The highest BCUT2D eigenvalue weighted by atomic mass is 16.5. The molecule has 0 radical (unpaired) electrons. The average Bonchev–Trinajstić information content (AvgIpc) is 2.01. The van der Waals surface area contributed by atoms with Gasteiger partial charge < -0.3 is 4.74 Å². The molecule has 2 nitrogen and oxygen atoms in total. The molecule has 0 aromatic carbocycles. The fourth-order valence-electron chi connectivity index (χ4n) is 1.96. The first-order valence-electron chi connectivity index (χ1n) is 4.81. The third kappa shape index (κ3) is 2.31. The maximum absolute atomic E-state index is 11.4. The predicted octanol–water partition coefficient (Wildman–Crippen LogP) is 2.17. The van der Waals surface area contributed by atoms with Crippen molar-refractivity contribution < 1.29 is 9.53 Å². The molecule has 0 saturated carbocycles. The molecule has 0 amide bonds. The van der Waals surface area contributed by atoms with Crippen LogP contribution < -0.4 is 0 Å². The lowest BCUT2D eigenvalue weighted by Crippen LogP contribution is -2.33. The first kappa shape index (κ1) is 9.72. The molecule has 0 aromatic rings. The molecule has 0 spiro atoms. The number of hydrogen-bond acceptors (Lipinski definition) is 2. The summed E-state index contributed by atoms with van der Waals surface area (Å²) in [6.45, 7) is 6.03. The first-order valence-corrected chi connectivity index (χ1v) is 4.81. The molecule has 1 heterocycles. The Morgan fingerprint density at radius 1 is 1.33 bits per heavy atom. The molecule has 2 heteroatoms. The van der Waals surface area contributed by atoms with Gasteiger partial charge in [0.1, 0.15) is 5.78 Å². The first-order chi connectivity index (χ1) is 5.63. The zero-order valence-electron chi connectivity index (χ0n) is 8.17. The highest BCUT2D eigenvalue weighted by molar-refractivity contribution is 5.80. The van der Waals surface area contributed by atoms with Crippen molar-refractivity contribution in [3.8, 4) is 0 Å². The minimum absolute atomic E-state index is 0.258. The van der Waals surface area contributed by atoms with Gasteiger partial charge in [0, 0.05) is 12.3 Å². The molecule has 1 aliphatic heterocycles. The number of hydrogen-bond donors (Lipinski definition) is 0. The minimum Gasteiger partial charge on any atom is -0.376 e. The Bertz CT molecular complexity index is 155. The summed E-state index contributed by atoms with van der Waals surface area (Å²) in [7, 11) is 0. The van der Waals surface area contributed by atoms with Crippen LogP contribution in [0.1, 0.15) is 40.0 Å². The molecule has 0 aromatic heterocycles. The summed E-state index contributed by atoms with van der Waals surface area (Å²) in [4.78, 5) is 11.4. The van der Waals surface area contributed by atoms with Gasteiger partial charge in [-0.15, -0.1) is 0 Å². The molecule has 1 rings (SSSR count). The smallest absolute Gasteiger partial charge is 0.135 e. The largest absolute Gasteiger partial charge is 0.376 e. The Balaban J connectivity index is 2.49. The Morgan fingerprint density at radius 3 is 2.25 bits per heavy atom. The van der Waals surface area contributed by atoms with Crippen LogP contribution in [0.25, 0.3) is 0 Å². The summed E-state index contributed by atoms with van der Waals surface area (Å²) in [5.74, 6) is 0.658. The molecule has 2 unspecified atom stereocenters. The minimum atomic E-state index is 0.258. The monoisotopic (exact) mass is 170 g/mol. The van der Waals surface area contributed by atoms with Crippen LogP contribution >= 0.6 is 0 Å². The highest BCUT2D eigenvalue weighted by Gasteiger charge is 2.28. The van der Waals surface area contributed by atoms with Gasteiger partial charge in [-0.3, -0.25) is 4.79 Å². The van der Waals surface area contributed by atoms with Gasteiger partial charge in [0.25, 0.3) is 0 Å². The third-order valence-corrected chi connectivity index (χ3v) is 2.50. The van der Waals surface area contributed by atoms with E-state index in [4.69, 9.17) is 4.74 Å². The van der Waals surface area contributed by atoms with Gasteiger partial charge in [0.15, 0.2) is 0 Å². The third-order valence-electron chi connectivity index (χ3n) is 2.50. The summed E-state index contributed by atoms with van der Waals surface area (Å²) in [5, 5.41) is 0. The van der Waals surface area contributed by atoms with Crippen LogP contribution in [0.2, 0.25) is 0 Å². The Hall–Kier alpha value is -0.370. The van der Waals surface area contributed by atoms with Gasteiger partial charge in [-0.25, -0.2) is 0 Å². The molecule has 70 valence electrons. The van der Waals surface area contributed by atoms with E-state index in [0.717, 1.165) is 12.8 Å². The molecule has 1 aliphatic rings. The van der Waals surface area contributed by atoms with Crippen LogP contribution in [-0.2, 0) is 9.53 Å². The second-order valence-electron chi connectivity index (χ2n) is 3.75. The molecule has 2 atom stereocenters. The Labute approximate surface area is 74.3 Å². The van der Waals surface area contributed by atoms with Crippen molar-refractivity contribution >= 4 is 5.78 Å². The fourth-order valence-corrected chi connectivity index (χ4v) is 1.96. The number of rotatable bonds is 2. The lowest BCUT2D eigenvalue weighted by Gasteiger charge is -2.30. The maximum atomic E-state index is 11.4. The van der Waals surface area contributed by atoms with Crippen LogP contribution in [0.15, 0.2) is 0 Å². The van der Waals surface area contributed by atoms with Gasteiger partial charge in [-0.05, 0) is 26.7 Å². The van der Waals surface area contributed by atoms with Gasteiger partial charge in [0.2, 0.25) is 0 Å². The van der Waals surface area contributed by atoms with Crippen LogP contribution in [0.4, 0.5) is 0 Å². The van der Waals surface area contributed by atoms with E-state index < -0.39 is 0 Å². The number of ketones is 1. The highest BCUT2D eigenvalue weighted by Crippen LogP contribution is 2.25. The number of carbonyl (C=O) groups excluding carboxylic acids is 1. The second kappa shape index (κ2) is 4.04. The topological polar surface area (TPSA) is 26.3 Å². The van der Waals surface area contributed by atoms with Crippen molar-refractivity contribution in [3.05, 3.63) is 0 Å². The normalized spacial score (nSPS) is 36.4. The van der Waals surface area contributed by atoms with Gasteiger partial charge in [-0.2, -0.15) is 0 Å². The van der Waals surface area contributed by atoms with E-state index in [1.807, 2.05) is 20.8 Å². The van der Waals surface area contributed by atoms with Crippen LogP contribution in [-0.4, -0.2) is 18.0 Å². The van der Waals surface area contributed by atoms with E-state index in [0.29, 0.717) is 12.2 Å². The lowest BCUT2D eigenvalue weighted by molar-refractivity contribution is -0.130. The van der Waals surface area contributed by atoms with Crippen molar-refractivity contribution in [2.24, 2.45) is 5.92 Å². The van der Waals surface area contributed by atoms with Gasteiger partial charge >= 0.3 is 0 Å². The molecular formula is C10H18O2. The van der Waals surface area contributed by atoms with E-state index in [2.05, 4.69) is 0 Å². The molecule has 0 bridgehead atoms. The molecular weight excluding hydrogens is 152 g/mol. The molecule has 1 saturated heterocycles. The van der Waals surface area contributed by atoms with Crippen molar-refractivity contribution in [3.63, 3.8) is 0 Å². The molecule has 12 heavy (non-hydrogen) atoms. The van der Waals surface area contributed by atoms with Gasteiger partial charge in [0.05, 0.1) is 12.2 Å². The summed E-state index contributed by atoms with van der Waals surface area (Å²) < 4.78 is 5.56. The predicted molar refractivity (Wildman–Crippen MR) is 48.0 cm³/mol. The van der Waals surface area contributed by atoms with Crippen molar-refractivity contribution in [2.75, 3.05) is 0 Å². The van der Waals surface area contributed by atoms with Crippen LogP contribution in [0, 0.1) is 5.92 Å². The fraction of sp³-hybridized carbons (Fsp3) is 0.900. The summed E-state index contributed by atoms with van der Waals surface area (Å²) in [6, 6.07) is 0. The zero-order chi connectivity index (χ0) is 9.14. The van der Waals surface area contributed by atoms with Crippen molar-refractivity contribution in [1.29, 1.82) is 0 Å². The van der Waals surface area contributed by atoms with Crippen LogP contribution in [0.5, 0.6) is 0 Å². The number of Topliss-reactive ketones (excluding diaryl/α,β-unsaturated/α-hetero) is 1. The maximum Gasteiger partial charge on any atom is 0.135 e. The van der Waals surface area contributed by atoms with E-state index in [-0.39, 0.29) is 18.1 Å². The molecule has 0 N–H and O–H groups in total. The van der Waals surface area contributed by atoms with E-state index in [9.17, 15) is 4.79 Å². The summed E-state index contributed by atoms with van der Waals surface area (Å²) >= 11 is 0. The summed E-state index contributed by atoms with van der Waals surface area (Å²) in [5.41, 5.74) is 0. The quantitative estimate of drug-likeness (QED) is 0.635. The van der Waals surface area contributed by atoms with Gasteiger partial charge in [-0.1, -0.05) is 6.92 Å². The van der Waals surface area contributed by atoms with Crippen LogP contribution in [0.3, 0.4) is 0 Å². The Morgan fingerprint density at radius 2 is 1.83 bits per heavy atom. The van der Waals surface area contributed by atoms with Crippen molar-refractivity contribution in [1.82, 2.24) is 0 Å². The summed E-state index contributed by atoms with van der Waals surface area (Å²) in [6.07, 6.45) is 3.02. The van der Waals surface area contributed by atoms with E-state index in [1.165, 1.54) is 0 Å². The SMILES string of the molecule is CCC(=O)C1CC(C)OC(C)C1. The molecule has 1 fully saturated rings. The number of ether oxygens (including phenoxy) is 1. The van der Waals surface area contributed by atoms with E-state index >= 15 is 0 Å². The second-order valence-corrected chi connectivity index (χ2v) is 3.75. The standard InChI is InChI=1S/C10H18O2/c1-4-10(11)9-5-7(2)12-8(3)6-9/h7-9H,4-6H2,1-3H3. The molecule has 0 aliphatic carbocycles. The zero-order valence-corrected chi connectivity index (χ0v) is 8.17. The van der Waals surface area contributed by atoms with E-state index in [1.54, 1.807) is 0 Å². The number of carbonyl (C=O) groups is 1. The van der Waals surface area contributed by atoms with Crippen molar-refractivity contribution in [2.45, 2.75) is 52.2 Å². The lowest BCUT2D eigenvalue weighted by atomic mass is 9.88. The average molecular weight is 170 g/mol.